The third-order valence-electron chi connectivity index (χ3n) is 3.45. The molecule has 2 heteroatoms. The Bertz CT molecular complexity index is 707. The lowest BCUT2D eigenvalue weighted by Gasteiger charge is -2.32. The average Bonchev–Trinajstić information content (AvgIpc) is 2.77. The predicted octanol–water partition coefficient (Wildman–Crippen LogP) is 8.70. The van der Waals surface area contributed by atoms with Crippen LogP contribution in [0.25, 0.3) is 0 Å². The van der Waals surface area contributed by atoms with Crippen molar-refractivity contribution in [1.29, 1.82) is 0 Å². The second-order valence-corrected chi connectivity index (χ2v) is 5.79. The van der Waals surface area contributed by atoms with Crippen molar-refractivity contribution in [3.8, 4) is 0 Å². The first kappa shape index (κ1) is 21.9. The maximum atomic E-state index is 2.33. The average molecular weight is 366 g/mol. The van der Waals surface area contributed by atoms with Gasteiger partial charge >= 0.3 is 0 Å². The van der Waals surface area contributed by atoms with E-state index in [9.17, 15) is 0 Å². The van der Waals surface area contributed by atoms with Gasteiger partial charge in [0.05, 0.1) is 11.4 Å². The van der Waals surface area contributed by atoms with Crippen LogP contribution in [0.3, 0.4) is 0 Å². The summed E-state index contributed by atoms with van der Waals surface area (Å²) in [5.74, 6) is 0. The van der Waals surface area contributed by atoms with Gasteiger partial charge in [-0.15, -0.1) is 0 Å². The molecule has 0 aliphatic carbocycles. The van der Waals surface area contributed by atoms with Crippen LogP contribution in [0.15, 0.2) is 88.7 Å². The molecule has 0 atom stereocenters. The Morgan fingerprint density at radius 2 is 0.885 bits per heavy atom. The second kappa shape index (κ2) is 12.2. The van der Waals surface area contributed by atoms with Crippen LogP contribution in [0.2, 0.25) is 0 Å². The molecule has 0 saturated carbocycles. The molecule has 1 heterocycles. The Kier molecular flexibility index (Phi) is 10.3. The molecule has 0 N–H and O–H groups in total. The van der Waals surface area contributed by atoms with Gasteiger partial charge in [0, 0.05) is 15.5 Å². The Morgan fingerprint density at radius 1 is 0.500 bits per heavy atom. The summed E-state index contributed by atoms with van der Waals surface area (Å²) in [4.78, 5) is 4.94. The van der Waals surface area contributed by atoms with Crippen LogP contribution < -0.4 is 4.90 Å². The Labute approximate surface area is 164 Å². The van der Waals surface area contributed by atoms with Gasteiger partial charge in [-0.25, -0.2) is 0 Å². The molecular formula is C24H31NS. The molecule has 0 bridgehead atoms. The lowest BCUT2D eigenvalue weighted by molar-refractivity contribution is 1.17. The molecule has 26 heavy (non-hydrogen) atoms. The highest BCUT2D eigenvalue weighted by Gasteiger charge is 2.23. The monoisotopic (exact) mass is 365 g/mol. The van der Waals surface area contributed by atoms with E-state index in [-0.39, 0.29) is 0 Å². The number of nitrogens with zero attached hydrogens (tertiary/aromatic N) is 1. The Morgan fingerprint density at radius 3 is 1.35 bits per heavy atom. The minimum atomic E-state index is 1.20. The molecule has 0 unspecified atom stereocenters. The van der Waals surface area contributed by atoms with E-state index in [0.29, 0.717) is 0 Å². The first-order valence-corrected chi connectivity index (χ1v) is 10.5. The van der Waals surface area contributed by atoms with E-state index in [1.54, 1.807) is 0 Å². The summed E-state index contributed by atoms with van der Waals surface area (Å²) in [6.07, 6.45) is 0. The van der Waals surface area contributed by atoms with Crippen molar-refractivity contribution in [3.63, 3.8) is 0 Å². The molecule has 3 aromatic carbocycles. The number of benzene rings is 3. The molecule has 138 valence electrons. The highest BCUT2D eigenvalue weighted by molar-refractivity contribution is 7.99. The van der Waals surface area contributed by atoms with Gasteiger partial charge in [0.15, 0.2) is 0 Å². The number of para-hydroxylation sites is 3. The third-order valence-corrected chi connectivity index (χ3v) is 4.58. The molecule has 1 aliphatic heterocycles. The van der Waals surface area contributed by atoms with Gasteiger partial charge in [0.2, 0.25) is 0 Å². The zero-order valence-corrected chi connectivity index (χ0v) is 17.7. The number of rotatable bonds is 1. The normalized spacial score (nSPS) is 10.5. The van der Waals surface area contributed by atoms with Crippen molar-refractivity contribution in [2.24, 2.45) is 0 Å². The highest BCUT2D eigenvalue weighted by Crippen LogP contribution is 2.50. The third kappa shape index (κ3) is 4.92. The minimum Gasteiger partial charge on any atom is -0.308 e. The summed E-state index contributed by atoms with van der Waals surface area (Å²) < 4.78 is 0. The first-order valence-electron chi connectivity index (χ1n) is 9.64. The summed E-state index contributed by atoms with van der Waals surface area (Å²) in [5.41, 5.74) is 3.71. The lowest BCUT2D eigenvalue weighted by Crippen LogP contribution is -2.14. The zero-order chi connectivity index (χ0) is 19.4. The van der Waals surface area contributed by atoms with Crippen LogP contribution in [0.5, 0.6) is 0 Å². The topological polar surface area (TPSA) is 3.24 Å². The van der Waals surface area contributed by atoms with Crippen LogP contribution in [-0.2, 0) is 0 Å². The van der Waals surface area contributed by atoms with Crippen LogP contribution >= 0.6 is 11.8 Å². The van der Waals surface area contributed by atoms with Gasteiger partial charge < -0.3 is 4.90 Å². The quantitative estimate of drug-likeness (QED) is 0.332. The van der Waals surface area contributed by atoms with E-state index >= 15 is 0 Å². The van der Waals surface area contributed by atoms with E-state index in [1.165, 1.54) is 26.9 Å². The van der Waals surface area contributed by atoms with E-state index in [2.05, 4.69) is 83.8 Å². The molecular weight excluding hydrogens is 334 g/mol. The van der Waals surface area contributed by atoms with Gasteiger partial charge in [-0.1, -0.05) is 95.8 Å². The van der Waals surface area contributed by atoms with Crippen molar-refractivity contribution in [3.05, 3.63) is 78.9 Å². The molecule has 0 fully saturated rings. The van der Waals surface area contributed by atoms with Gasteiger partial charge in [-0.2, -0.15) is 0 Å². The largest absolute Gasteiger partial charge is 0.308 e. The smallest absolute Gasteiger partial charge is 0.0601 e. The molecule has 0 saturated heterocycles. The van der Waals surface area contributed by atoms with Crippen molar-refractivity contribution >= 4 is 28.8 Å². The molecule has 0 radical (unpaired) electrons. The number of hydrogen-bond donors (Lipinski definition) is 0. The van der Waals surface area contributed by atoms with Crippen LogP contribution in [0, 0.1) is 0 Å². The van der Waals surface area contributed by atoms with Crippen molar-refractivity contribution in [2.45, 2.75) is 51.3 Å². The standard InChI is InChI=1S/C18H13NS.3C2H6/c1-2-8-14(9-3-1)19-15-10-4-6-12-17(15)20-18-13-7-5-11-16(18)19;3*1-2/h1-13H;3*1-2H3. The van der Waals surface area contributed by atoms with E-state index in [0.717, 1.165) is 0 Å². The molecule has 0 aromatic heterocycles. The maximum absolute atomic E-state index is 2.33. The molecule has 3 aromatic rings. The van der Waals surface area contributed by atoms with Crippen molar-refractivity contribution in [2.75, 3.05) is 4.90 Å². The fraction of sp³-hybridized carbons (Fsp3) is 0.250. The van der Waals surface area contributed by atoms with Gasteiger partial charge in [-0.3, -0.25) is 0 Å². The molecule has 0 spiro atoms. The van der Waals surface area contributed by atoms with Gasteiger partial charge in [0.25, 0.3) is 0 Å². The molecule has 0 amide bonds. The van der Waals surface area contributed by atoms with Crippen molar-refractivity contribution in [1.82, 2.24) is 0 Å². The maximum Gasteiger partial charge on any atom is 0.0601 e. The molecule has 1 aliphatic rings. The fourth-order valence-electron chi connectivity index (χ4n) is 2.56. The second-order valence-electron chi connectivity index (χ2n) is 4.71. The van der Waals surface area contributed by atoms with E-state index < -0.39 is 0 Å². The minimum absolute atomic E-state index is 1.20. The summed E-state index contributed by atoms with van der Waals surface area (Å²) in [6.45, 7) is 12.0. The lowest BCUT2D eigenvalue weighted by atomic mass is 10.2. The van der Waals surface area contributed by atoms with Gasteiger partial charge in [-0.05, 0) is 36.4 Å². The van der Waals surface area contributed by atoms with E-state index in [1.807, 2.05) is 53.3 Å². The predicted molar refractivity (Wildman–Crippen MR) is 119 cm³/mol. The van der Waals surface area contributed by atoms with Crippen molar-refractivity contribution < 1.29 is 0 Å². The number of anilines is 3. The molecule has 4 rings (SSSR count). The van der Waals surface area contributed by atoms with Gasteiger partial charge in [0.1, 0.15) is 0 Å². The molecule has 1 nitrogen and oxygen atoms in total. The number of fused-ring (bicyclic) bond motifs is 2. The zero-order valence-electron chi connectivity index (χ0n) is 16.9. The Balaban J connectivity index is 0.000000515. The highest BCUT2D eigenvalue weighted by atomic mass is 32.2. The summed E-state index contributed by atoms with van der Waals surface area (Å²) in [5, 5.41) is 0. The number of hydrogen-bond acceptors (Lipinski definition) is 2. The van der Waals surface area contributed by atoms with Crippen LogP contribution in [0.1, 0.15) is 41.5 Å². The Hall–Kier alpha value is -2.19. The van der Waals surface area contributed by atoms with Crippen LogP contribution in [-0.4, -0.2) is 0 Å². The van der Waals surface area contributed by atoms with E-state index in [4.69, 9.17) is 0 Å². The first-order chi connectivity index (χ1) is 12.9. The fourth-order valence-corrected chi connectivity index (χ4v) is 3.62. The SMILES string of the molecule is CC.CC.CC.c1ccc(N2c3ccccc3Sc3ccccc32)cc1. The summed E-state index contributed by atoms with van der Waals surface area (Å²) in [7, 11) is 0. The summed E-state index contributed by atoms with van der Waals surface area (Å²) >= 11 is 1.84. The van der Waals surface area contributed by atoms with Crippen LogP contribution in [0.4, 0.5) is 17.1 Å². The summed E-state index contributed by atoms with van der Waals surface area (Å²) in [6, 6.07) is 27.7.